The van der Waals surface area contributed by atoms with Crippen LogP contribution in [0.15, 0.2) is 16.0 Å². The first-order valence-corrected chi connectivity index (χ1v) is 12.0. The lowest BCUT2D eigenvalue weighted by Crippen LogP contribution is -2.38. The zero-order chi connectivity index (χ0) is 22.0. The lowest BCUT2D eigenvalue weighted by atomic mass is 9.90. The number of aryl methyl sites for hydroxylation is 1. The minimum Gasteiger partial charge on any atom is -0.493 e. The van der Waals surface area contributed by atoms with Crippen LogP contribution < -0.4 is 10.1 Å². The highest BCUT2D eigenvalue weighted by Crippen LogP contribution is 2.43. The molecule has 0 amide bonds. The molecule has 3 aliphatic rings. The smallest absolute Gasteiger partial charge is 0.171 e. The van der Waals surface area contributed by atoms with E-state index in [0.29, 0.717) is 25.7 Å². The Bertz CT molecular complexity index is 963. The van der Waals surface area contributed by atoms with Gasteiger partial charge in [0.25, 0.3) is 0 Å². The molecule has 7 nitrogen and oxygen atoms in total. The van der Waals surface area contributed by atoms with E-state index < -0.39 is 0 Å². The van der Waals surface area contributed by atoms with E-state index >= 15 is 0 Å². The molecule has 0 saturated carbocycles. The van der Waals surface area contributed by atoms with Crippen molar-refractivity contribution in [1.29, 1.82) is 10.8 Å². The molecule has 0 bridgehead atoms. The van der Waals surface area contributed by atoms with Gasteiger partial charge >= 0.3 is 0 Å². The van der Waals surface area contributed by atoms with E-state index in [1.165, 1.54) is 22.9 Å². The monoisotopic (exact) mass is 441 g/mol. The van der Waals surface area contributed by atoms with E-state index in [0.717, 1.165) is 71.4 Å². The highest BCUT2D eigenvalue weighted by Gasteiger charge is 2.36. The summed E-state index contributed by atoms with van der Waals surface area (Å²) in [7, 11) is 0. The van der Waals surface area contributed by atoms with Crippen molar-refractivity contribution in [3.8, 4) is 5.75 Å². The first-order chi connectivity index (χ1) is 15.1. The average Bonchev–Trinajstić information content (AvgIpc) is 3.32. The molecule has 1 aromatic rings. The third-order valence-corrected chi connectivity index (χ3v) is 6.82. The topological polar surface area (TPSA) is 93.8 Å². The van der Waals surface area contributed by atoms with Gasteiger partial charge in [0.15, 0.2) is 11.0 Å². The van der Waals surface area contributed by atoms with Gasteiger partial charge in [0.05, 0.1) is 36.0 Å². The second-order valence-electron chi connectivity index (χ2n) is 7.84. The fourth-order valence-electron chi connectivity index (χ4n) is 4.36. The molecule has 8 heteroatoms. The number of hydrogen-bond acceptors (Lipinski definition) is 6. The van der Waals surface area contributed by atoms with Gasteiger partial charge in [0, 0.05) is 18.7 Å². The highest BCUT2D eigenvalue weighted by atomic mass is 32.2. The Balaban J connectivity index is 1.83. The molecule has 0 atom stereocenters. The van der Waals surface area contributed by atoms with E-state index in [1.54, 1.807) is 0 Å². The molecule has 0 spiro atoms. The van der Waals surface area contributed by atoms with Crippen molar-refractivity contribution in [1.82, 2.24) is 10.2 Å². The lowest BCUT2D eigenvalue weighted by Gasteiger charge is -2.27. The molecule has 1 aromatic carbocycles. The molecule has 1 fully saturated rings. The van der Waals surface area contributed by atoms with Crippen LogP contribution in [0.1, 0.15) is 55.9 Å². The SMILES string of the molecule is CCCc1cc(OCC)c2c(c1CCC)/C(=C1\SC(N3CCOCC3)=NC1=N)NC2=N. The van der Waals surface area contributed by atoms with E-state index in [9.17, 15) is 0 Å². The maximum atomic E-state index is 8.69. The number of benzene rings is 1. The fourth-order valence-corrected chi connectivity index (χ4v) is 5.39. The zero-order valence-corrected chi connectivity index (χ0v) is 19.4. The van der Waals surface area contributed by atoms with Crippen LogP contribution in [-0.2, 0) is 17.6 Å². The molecule has 4 rings (SSSR count). The molecule has 0 aliphatic carbocycles. The Morgan fingerprint density at radius 2 is 1.87 bits per heavy atom. The van der Waals surface area contributed by atoms with Crippen LogP contribution in [-0.4, -0.2) is 54.6 Å². The van der Waals surface area contributed by atoms with Gasteiger partial charge in [0.1, 0.15) is 11.6 Å². The number of rotatable bonds is 6. The van der Waals surface area contributed by atoms with Crippen LogP contribution in [0.25, 0.3) is 5.70 Å². The number of amidine groups is 3. The van der Waals surface area contributed by atoms with E-state index in [1.807, 2.05) is 6.92 Å². The van der Waals surface area contributed by atoms with Gasteiger partial charge in [-0.2, -0.15) is 0 Å². The molecule has 0 radical (unpaired) electrons. The van der Waals surface area contributed by atoms with Gasteiger partial charge in [-0.05, 0) is 48.7 Å². The average molecular weight is 442 g/mol. The third-order valence-electron chi connectivity index (χ3n) is 5.68. The van der Waals surface area contributed by atoms with Crippen molar-refractivity contribution < 1.29 is 9.47 Å². The number of ether oxygens (including phenoxy) is 2. The summed E-state index contributed by atoms with van der Waals surface area (Å²) in [5.41, 5.74) is 5.25. The number of aliphatic imine (C=N–C) groups is 1. The zero-order valence-electron chi connectivity index (χ0n) is 18.6. The molecule has 0 unspecified atom stereocenters. The Kier molecular flexibility index (Phi) is 6.67. The number of nitrogens with one attached hydrogen (secondary N) is 3. The van der Waals surface area contributed by atoms with Gasteiger partial charge in [-0.25, -0.2) is 4.99 Å². The highest BCUT2D eigenvalue weighted by molar-refractivity contribution is 8.18. The number of hydrogen-bond donors (Lipinski definition) is 3. The maximum absolute atomic E-state index is 8.69. The van der Waals surface area contributed by atoms with Crippen LogP contribution >= 0.6 is 11.8 Å². The summed E-state index contributed by atoms with van der Waals surface area (Å²) >= 11 is 1.53. The van der Waals surface area contributed by atoms with Crippen molar-refractivity contribution in [2.45, 2.75) is 46.5 Å². The molecule has 166 valence electrons. The summed E-state index contributed by atoms with van der Waals surface area (Å²) in [6.07, 6.45) is 3.98. The van der Waals surface area contributed by atoms with Gasteiger partial charge in [-0.1, -0.05) is 26.7 Å². The predicted octanol–water partition coefficient (Wildman–Crippen LogP) is 4.00. The van der Waals surface area contributed by atoms with Crippen LogP contribution in [0.4, 0.5) is 0 Å². The van der Waals surface area contributed by atoms with Crippen LogP contribution in [0.3, 0.4) is 0 Å². The number of fused-ring (bicyclic) bond motifs is 1. The molecule has 3 N–H and O–H groups in total. The third kappa shape index (κ3) is 4.11. The molecular weight excluding hydrogens is 410 g/mol. The van der Waals surface area contributed by atoms with Crippen LogP contribution in [0, 0.1) is 10.8 Å². The van der Waals surface area contributed by atoms with Crippen LogP contribution in [0.5, 0.6) is 5.75 Å². The first-order valence-electron chi connectivity index (χ1n) is 11.2. The number of nitrogens with zero attached hydrogens (tertiary/aromatic N) is 2. The van der Waals surface area contributed by atoms with Gasteiger partial charge in [-0.3, -0.25) is 10.8 Å². The Labute approximate surface area is 188 Å². The summed E-state index contributed by atoms with van der Waals surface area (Å²) in [5.74, 6) is 1.36. The van der Waals surface area contributed by atoms with Crippen molar-refractivity contribution in [2.75, 3.05) is 32.9 Å². The standard InChI is InChI=1S/C23H31N5O2S/c1-4-7-14-13-16(30-6-3)18-17(15(14)8-5-2)19(26-21(18)24)20-22(25)27-23(31-20)28-9-11-29-12-10-28/h13,25H,4-12H2,1-3H3,(H2,24,26)/b20-19+,25-22?. The minimum absolute atomic E-state index is 0.260. The molecule has 3 aliphatic heterocycles. The lowest BCUT2D eigenvalue weighted by molar-refractivity contribution is 0.0694. The maximum Gasteiger partial charge on any atom is 0.171 e. The predicted molar refractivity (Wildman–Crippen MR) is 128 cm³/mol. The Hall–Kier alpha value is -2.32. The van der Waals surface area contributed by atoms with Crippen molar-refractivity contribution in [3.63, 3.8) is 0 Å². The van der Waals surface area contributed by atoms with Gasteiger partial charge in [-0.15, -0.1) is 0 Å². The van der Waals surface area contributed by atoms with Crippen molar-refractivity contribution >= 4 is 34.3 Å². The summed E-state index contributed by atoms with van der Waals surface area (Å²) in [6.45, 7) is 9.85. The molecule has 1 saturated heterocycles. The molecule has 0 aromatic heterocycles. The molecule has 31 heavy (non-hydrogen) atoms. The molecule has 3 heterocycles. The number of thioether (sulfide) groups is 1. The minimum atomic E-state index is 0.260. The Morgan fingerprint density at radius 1 is 1.13 bits per heavy atom. The first kappa shape index (κ1) is 21.9. The number of morpholine rings is 1. The van der Waals surface area contributed by atoms with Crippen molar-refractivity contribution in [3.05, 3.63) is 33.2 Å². The Morgan fingerprint density at radius 3 is 2.55 bits per heavy atom. The summed E-state index contributed by atoms with van der Waals surface area (Å²) in [6, 6.07) is 2.13. The van der Waals surface area contributed by atoms with Crippen LogP contribution in [0.2, 0.25) is 0 Å². The van der Waals surface area contributed by atoms with Gasteiger partial charge < -0.3 is 19.7 Å². The largest absolute Gasteiger partial charge is 0.493 e. The summed E-state index contributed by atoms with van der Waals surface area (Å²) < 4.78 is 11.4. The van der Waals surface area contributed by atoms with E-state index in [4.69, 9.17) is 20.3 Å². The normalized spacial score (nSPS) is 20.7. The van der Waals surface area contributed by atoms with Gasteiger partial charge in [0.2, 0.25) is 0 Å². The summed E-state index contributed by atoms with van der Waals surface area (Å²) in [5, 5.41) is 21.4. The summed E-state index contributed by atoms with van der Waals surface area (Å²) in [4.78, 5) is 7.54. The molecular formula is C23H31N5O2S. The quantitative estimate of drug-likeness (QED) is 0.620. The van der Waals surface area contributed by atoms with E-state index in [-0.39, 0.29) is 5.84 Å². The second kappa shape index (κ2) is 9.44. The second-order valence-corrected chi connectivity index (χ2v) is 8.82. The van der Waals surface area contributed by atoms with E-state index in [2.05, 4.69) is 35.1 Å². The fraction of sp³-hybridized carbons (Fsp3) is 0.522. The van der Waals surface area contributed by atoms with Crippen molar-refractivity contribution in [2.24, 2.45) is 4.99 Å².